The van der Waals surface area contributed by atoms with Crippen LogP contribution in [0.2, 0.25) is 0 Å². The molecule has 1 N–H and O–H groups in total. The van der Waals surface area contributed by atoms with Gasteiger partial charge in [0.05, 0.1) is 6.10 Å². The Bertz CT molecular complexity index is 538. The van der Waals surface area contributed by atoms with Crippen LogP contribution in [0.3, 0.4) is 0 Å². The highest BCUT2D eigenvalue weighted by molar-refractivity contribution is 6.05. The summed E-state index contributed by atoms with van der Waals surface area (Å²) in [5, 5.41) is 2.16. The van der Waals surface area contributed by atoms with Gasteiger partial charge in [-0.25, -0.2) is 0 Å². The van der Waals surface area contributed by atoms with Gasteiger partial charge in [-0.1, -0.05) is 6.07 Å². The number of benzene rings is 1. The van der Waals surface area contributed by atoms with Gasteiger partial charge in [0.25, 0.3) is 5.91 Å². The number of hydrogen-bond acceptors (Lipinski definition) is 4. The van der Waals surface area contributed by atoms with E-state index >= 15 is 0 Å². The van der Waals surface area contributed by atoms with Crippen LogP contribution >= 0.6 is 0 Å². The highest BCUT2D eigenvalue weighted by atomic mass is 16.5. The third-order valence-electron chi connectivity index (χ3n) is 2.69. The number of amides is 3. The second-order valence-electron chi connectivity index (χ2n) is 4.83. The molecule has 0 spiro atoms. The lowest BCUT2D eigenvalue weighted by Crippen LogP contribution is -2.53. The number of rotatable bonds is 3. The lowest BCUT2D eigenvalue weighted by molar-refractivity contribution is -0.135. The molecule has 6 nitrogen and oxygen atoms in total. The Labute approximate surface area is 116 Å². The summed E-state index contributed by atoms with van der Waals surface area (Å²) in [7, 11) is 0. The fourth-order valence-electron chi connectivity index (χ4n) is 1.94. The Hall–Kier alpha value is -2.37. The van der Waals surface area contributed by atoms with E-state index in [-0.39, 0.29) is 25.1 Å². The lowest BCUT2D eigenvalue weighted by atomic mass is 10.1. The van der Waals surface area contributed by atoms with Gasteiger partial charge in [0.2, 0.25) is 11.8 Å². The SMILES string of the molecule is CC(C)Oc1cccc(C(=O)N2CC(=O)NC(=O)C2)c1. The molecule has 0 aliphatic carbocycles. The number of carbonyl (C=O) groups excluding carboxylic acids is 3. The molecule has 1 aromatic rings. The predicted octanol–water partition coefficient (Wildman–Crippen LogP) is 0.572. The Morgan fingerprint density at radius 2 is 1.90 bits per heavy atom. The van der Waals surface area contributed by atoms with Crippen LogP contribution in [0.25, 0.3) is 0 Å². The van der Waals surface area contributed by atoms with Crippen molar-refractivity contribution in [3.05, 3.63) is 29.8 Å². The molecule has 106 valence electrons. The van der Waals surface area contributed by atoms with Gasteiger partial charge in [0.1, 0.15) is 18.8 Å². The quantitative estimate of drug-likeness (QED) is 0.819. The maximum Gasteiger partial charge on any atom is 0.254 e. The molecular weight excluding hydrogens is 260 g/mol. The van der Waals surface area contributed by atoms with E-state index in [0.717, 1.165) is 0 Å². The van der Waals surface area contributed by atoms with Crippen molar-refractivity contribution in [3.8, 4) is 5.75 Å². The molecule has 0 bridgehead atoms. The van der Waals surface area contributed by atoms with E-state index < -0.39 is 11.8 Å². The normalized spacial score (nSPS) is 15.2. The predicted molar refractivity (Wildman–Crippen MR) is 71.3 cm³/mol. The van der Waals surface area contributed by atoms with Crippen LogP contribution in [0.1, 0.15) is 24.2 Å². The molecular formula is C14H16N2O4. The number of nitrogens with zero attached hydrogens (tertiary/aromatic N) is 1. The summed E-state index contributed by atoms with van der Waals surface area (Å²) < 4.78 is 5.52. The number of imide groups is 1. The van der Waals surface area contributed by atoms with Gasteiger partial charge in [-0.2, -0.15) is 0 Å². The Kier molecular flexibility index (Phi) is 4.02. The van der Waals surface area contributed by atoms with E-state index in [4.69, 9.17) is 4.74 Å². The average molecular weight is 276 g/mol. The first-order chi connectivity index (χ1) is 9.45. The Morgan fingerprint density at radius 1 is 1.25 bits per heavy atom. The molecule has 6 heteroatoms. The van der Waals surface area contributed by atoms with Crippen molar-refractivity contribution < 1.29 is 19.1 Å². The average Bonchev–Trinajstić information content (AvgIpc) is 2.36. The van der Waals surface area contributed by atoms with Crippen molar-refractivity contribution in [2.45, 2.75) is 20.0 Å². The number of ether oxygens (including phenoxy) is 1. The van der Waals surface area contributed by atoms with Gasteiger partial charge in [0.15, 0.2) is 0 Å². The van der Waals surface area contributed by atoms with E-state index in [1.807, 2.05) is 13.8 Å². The van der Waals surface area contributed by atoms with E-state index in [1.54, 1.807) is 24.3 Å². The summed E-state index contributed by atoms with van der Waals surface area (Å²) in [4.78, 5) is 36.0. The summed E-state index contributed by atoms with van der Waals surface area (Å²) in [6.45, 7) is 3.56. The smallest absolute Gasteiger partial charge is 0.254 e. The van der Waals surface area contributed by atoms with Crippen LogP contribution in [0, 0.1) is 0 Å². The summed E-state index contributed by atoms with van der Waals surface area (Å²) in [5.74, 6) is -0.714. The minimum Gasteiger partial charge on any atom is -0.491 e. The molecule has 2 rings (SSSR count). The molecule has 1 aliphatic rings. The number of hydrogen-bond donors (Lipinski definition) is 1. The van der Waals surface area contributed by atoms with Crippen LogP contribution in [-0.4, -0.2) is 41.8 Å². The molecule has 20 heavy (non-hydrogen) atoms. The summed E-state index contributed by atoms with van der Waals surface area (Å²) in [6, 6.07) is 6.70. The second kappa shape index (κ2) is 5.73. The van der Waals surface area contributed by atoms with Crippen LogP contribution < -0.4 is 10.1 Å². The lowest BCUT2D eigenvalue weighted by Gasteiger charge is -2.25. The van der Waals surface area contributed by atoms with Gasteiger partial charge in [-0.3, -0.25) is 19.7 Å². The van der Waals surface area contributed by atoms with E-state index in [9.17, 15) is 14.4 Å². The number of piperazine rings is 1. The fourth-order valence-corrected chi connectivity index (χ4v) is 1.94. The van der Waals surface area contributed by atoms with Gasteiger partial charge in [-0.15, -0.1) is 0 Å². The largest absolute Gasteiger partial charge is 0.491 e. The molecule has 1 saturated heterocycles. The molecule has 0 unspecified atom stereocenters. The fraction of sp³-hybridized carbons (Fsp3) is 0.357. The summed E-state index contributed by atoms with van der Waals surface area (Å²) >= 11 is 0. The topological polar surface area (TPSA) is 75.7 Å². The standard InChI is InChI=1S/C14H16N2O4/c1-9(2)20-11-5-3-4-10(6-11)14(19)16-7-12(17)15-13(18)8-16/h3-6,9H,7-8H2,1-2H3,(H,15,17,18). The first kappa shape index (κ1) is 14.0. The van der Waals surface area contributed by atoms with E-state index in [2.05, 4.69) is 5.32 Å². The van der Waals surface area contributed by atoms with Crippen molar-refractivity contribution in [2.75, 3.05) is 13.1 Å². The highest BCUT2D eigenvalue weighted by Crippen LogP contribution is 2.16. The molecule has 1 fully saturated rings. The van der Waals surface area contributed by atoms with Gasteiger partial charge in [-0.05, 0) is 32.0 Å². The third-order valence-corrected chi connectivity index (χ3v) is 2.69. The molecule has 3 amide bonds. The van der Waals surface area contributed by atoms with Crippen LogP contribution in [0.4, 0.5) is 0 Å². The number of carbonyl (C=O) groups is 3. The zero-order chi connectivity index (χ0) is 14.7. The molecule has 0 saturated carbocycles. The number of nitrogens with one attached hydrogen (secondary N) is 1. The van der Waals surface area contributed by atoms with Crippen molar-refractivity contribution in [2.24, 2.45) is 0 Å². The Morgan fingerprint density at radius 3 is 2.50 bits per heavy atom. The molecule has 0 atom stereocenters. The van der Waals surface area contributed by atoms with Gasteiger partial charge < -0.3 is 9.64 Å². The minimum absolute atomic E-state index is 0.00249. The summed E-state index contributed by atoms with van der Waals surface area (Å²) in [6.07, 6.45) is 0.00249. The van der Waals surface area contributed by atoms with Crippen LogP contribution in [0.5, 0.6) is 5.75 Å². The maximum absolute atomic E-state index is 12.3. The molecule has 1 aromatic carbocycles. The second-order valence-corrected chi connectivity index (χ2v) is 4.83. The van der Waals surface area contributed by atoms with Crippen LogP contribution in [-0.2, 0) is 9.59 Å². The first-order valence-electron chi connectivity index (χ1n) is 6.34. The van der Waals surface area contributed by atoms with Crippen molar-refractivity contribution in [1.29, 1.82) is 0 Å². The molecule has 1 heterocycles. The van der Waals surface area contributed by atoms with Crippen LogP contribution in [0.15, 0.2) is 24.3 Å². The van der Waals surface area contributed by atoms with Gasteiger partial charge >= 0.3 is 0 Å². The molecule has 0 aromatic heterocycles. The summed E-state index contributed by atoms with van der Waals surface area (Å²) in [5.41, 5.74) is 0.394. The monoisotopic (exact) mass is 276 g/mol. The third kappa shape index (κ3) is 3.34. The highest BCUT2D eigenvalue weighted by Gasteiger charge is 2.27. The Balaban J connectivity index is 2.16. The van der Waals surface area contributed by atoms with Crippen molar-refractivity contribution in [3.63, 3.8) is 0 Å². The van der Waals surface area contributed by atoms with Crippen molar-refractivity contribution >= 4 is 17.7 Å². The molecule has 0 radical (unpaired) electrons. The first-order valence-corrected chi connectivity index (χ1v) is 6.34. The maximum atomic E-state index is 12.3. The van der Waals surface area contributed by atoms with Crippen molar-refractivity contribution in [1.82, 2.24) is 10.2 Å². The zero-order valence-electron chi connectivity index (χ0n) is 11.4. The van der Waals surface area contributed by atoms with Gasteiger partial charge in [0, 0.05) is 5.56 Å². The van der Waals surface area contributed by atoms with E-state index in [1.165, 1.54) is 4.90 Å². The minimum atomic E-state index is -0.468. The zero-order valence-corrected chi connectivity index (χ0v) is 11.4. The molecule has 1 aliphatic heterocycles. The van der Waals surface area contributed by atoms with E-state index in [0.29, 0.717) is 11.3 Å².